The van der Waals surface area contributed by atoms with E-state index < -0.39 is 9.84 Å². The second-order valence-corrected chi connectivity index (χ2v) is 8.15. The zero-order valence-corrected chi connectivity index (χ0v) is 14.1. The lowest BCUT2D eigenvalue weighted by atomic mass is 10.1. The van der Waals surface area contributed by atoms with Crippen LogP contribution in [0.5, 0.6) is 0 Å². The standard InChI is InChI=1S/C16H22N2O4S/c1-23(20,21)15-4-2-14(3-5-15)18-7-6-13(12-18)16(19)17-8-10-22-11-9-17/h2-5,13H,6-12H2,1H3. The molecule has 0 N–H and O–H groups in total. The monoisotopic (exact) mass is 338 g/mol. The van der Waals surface area contributed by atoms with Crippen molar-refractivity contribution < 1.29 is 17.9 Å². The molecule has 2 aliphatic rings. The van der Waals surface area contributed by atoms with Gasteiger partial charge in [0.25, 0.3) is 0 Å². The number of hydrogen-bond donors (Lipinski definition) is 0. The van der Waals surface area contributed by atoms with Crippen molar-refractivity contribution in [1.82, 2.24) is 4.90 Å². The van der Waals surface area contributed by atoms with Crippen LogP contribution >= 0.6 is 0 Å². The molecule has 0 aliphatic carbocycles. The van der Waals surface area contributed by atoms with Crippen LogP contribution in [0.25, 0.3) is 0 Å². The molecule has 1 amide bonds. The fourth-order valence-corrected chi connectivity index (χ4v) is 3.77. The largest absolute Gasteiger partial charge is 0.378 e. The van der Waals surface area contributed by atoms with Crippen LogP contribution in [0.3, 0.4) is 0 Å². The van der Waals surface area contributed by atoms with Gasteiger partial charge in [-0.15, -0.1) is 0 Å². The molecule has 0 saturated carbocycles. The highest BCUT2D eigenvalue weighted by Gasteiger charge is 2.32. The van der Waals surface area contributed by atoms with Crippen LogP contribution in [0.1, 0.15) is 6.42 Å². The maximum absolute atomic E-state index is 12.5. The molecule has 0 bridgehead atoms. The lowest BCUT2D eigenvalue weighted by Gasteiger charge is -2.29. The van der Waals surface area contributed by atoms with Gasteiger partial charge in [0, 0.05) is 38.1 Å². The first-order chi connectivity index (χ1) is 10.9. The summed E-state index contributed by atoms with van der Waals surface area (Å²) >= 11 is 0. The Bertz CT molecular complexity index is 666. The zero-order chi connectivity index (χ0) is 16.4. The van der Waals surface area contributed by atoms with E-state index in [4.69, 9.17) is 4.74 Å². The van der Waals surface area contributed by atoms with Gasteiger partial charge in [0.1, 0.15) is 0 Å². The molecule has 23 heavy (non-hydrogen) atoms. The van der Waals surface area contributed by atoms with E-state index in [-0.39, 0.29) is 11.8 Å². The minimum absolute atomic E-state index is 0.0164. The van der Waals surface area contributed by atoms with Gasteiger partial charge in [-0.05, 0) is 30.7 Å². The molecule has 126 valence electrons. The van der Waals surface area contributed by atoms with Gasteiger partial charge < -0.3 is 14.5 Å². The Kier molecular flexibility index (Phi) is 4.59. The summed E-state index contributed by atoms with van der Waals surface area (Å²) in [6, 6.07) is 6.89. The van der Waals surface area contributed by atoms with Crippen LogP contribution in [0, 0.1) is 5.92 Å². The summed E-state index contributed by atoms with van der Waals surface area (Å²) in [5.74, 6) is 0.228. The average Bonchev–Trinajstić information content (AvgIpc) is 3.04. The zero-order valence-electron chi connectivity index (χ0n) is 13.3. The first-order valence-corrected chi connectivity index (χ1v) is 9.76. The van der Waals surface area contributed by atoms with Crippen molar-refractivity contribution in [2.75, 3.05) is 50.5 Å². The maximum atomic E-state index is 12.5. The van der Waals surface area contributed by atoms with Crippen LogP contribution in [-0.2, 0) is 19.4 Å². The number of nitrogens with zero attached hydrogens (tertiary/aromatic N) is 2. The molecule has 6 nitrogen and oxygen atoms in total. The van der Waals surface area contributed by atoms with Gasteiger partial charge in [0.2, 0.25) is 5.91 Å². The highest BCUT2D eigenvalue weighted by Crippen LogP contribution is 2.26. The van der Waals surface area contributed by atoms with Crippen molar-refractivity contribution in [2.24, 2.45) is 5.92 Å². The molecule has 1 aromatic rings. The maximum Gasteiger partial charge on any atom is 0.227 e. The van der Waals surface area contributed by atoms with Crippen molar-refractivity contribution in [3.63, 3.8) is 0 Å². The Hall–Kier alpha value is -1.60. The summed E-state index contributed by atoms with van der Waals surface area (Å²) in [6.45, 7) is 4.11. The highest BCUT2D eigenvalue weighted by atomic mass is 32.2. The minimum Gasteiger partial charge on any atom is -0.378 e. The summed E-state index contributed by atoms with van der Waals surface area (Å²) < 4.78 is 28.3. The molecular weight excluding hydrogens is 316 g/mol. The Morgan fingerprint density at radius 2 is 1.78 bits per heavy atom. The van der Waals surface area contributed by atoms with Gasteiger partial charge >= 0.3 is 0 Å². The normalized spacial score (nSPS) is 22.4. The summed E-state index contributed by atoms with van der Waals surface area (Å²) in [4.78, 5) is 16.9. The molecule has 0 spiro atoms. The van der Waals surface area contributed by atoms with E-state index in [1.54, 1.807) is 12.1 Å². The molecule has 0 radical (unpaired) electrons. The van der Waals surface area contributed by atoms with E-state index in [9.17, 15) is 13.2 Å². The lowest BCUT2D eigenvalue weighted by Crippen LogP contribution is -2.44. The number of benzene rings is 1. The Labute approximate surface area is 136 Å². The first-order valence-electron chi connectivity index (χ1n) is 7.87. The van der Waals surface area contributed by atoms with E-state index in [0.29, 0.717) is 37.7 Å². The van der Waals surface area contributed by atoms with Gasteiger partial charge in [-0.1, -0.05) is 0 Å². The van der Waals surface area contributed by atoms with E-state index >= 15 is 0 Å². The summed E-state index contributed by atoms with van der Waals surface area (Å²) in [5, 5.41) is 0. The quantitative estimate of drug-likeness (QED) is 0.815. The highest BCUT2D eigenvalue weighted by molar-refractivity contribution is 7.90. The number of morpholine rings is 1. The fraction of sp³-hybridized carbons (Fsp3) is 0.562. The van der Waals surface area contributed by atoms with Crippen molar-refractivity contribution in [3.05, 3.63) is 24.3 Å². The van der Waals surface area contributed by atoms with E-state index in [2.05, 4.69) is 4.90 Å². The molecular formula is C16H22N2O4S. The molecule has 1 unspecified atom stereocenters. The van der Waals surface area contributed by atoms with E-state index in [0.717, 1.165) is 18.7 Å². The number of ether oxygens (including phenoxy) is 1. The number of carbonyl (C=O) groups excluding carboxylic acids is 1. The SMILES string of the molecule is CS(=O)(=O)c1ccc(N2CCC(C(=O)N3CCOCC3)C2)cc1. The van der Waals surface area contributed by atoms with E-state index in [1.807, 2.05) is 17.0 Å². The summed E-state index contributed by atoms with van der Waals surface area (Å²) in [7, 11) is -3.17. The molecule has 1 atom stereocenters. The Morgan fingerprint density at radius 1 is 1.13 bits per heavy atom. The molecule has 1 aromatic carbocycles. The molecule has 0 aromatic heterocycles. The number of carbonyl (C=O) groups is 1. The summed E-state index contributed by atoms with van der Waals surface area (Å²) in [6.07, 6.45) is 2.04. The van der Waals surface area contributed by atoms with Gasteiger partial charge in [0.15, 0.2) is 9.84 Å². The topological polar surface area (TPSA) is 66.9 Å². The summed E-state index contributed by atoms with van der Waals surface area (Å²) in [5.41, 5.74) is 0.967. The van der Waals surface area contributed by atoms with Crippen LogP contribution in [0.2, 0.25) is 0 Å². The predicted molar refractivity (Wildman–Crippen MR) is 87.3 cm³/mol. The lowest BCUT2D eigenvalue weighted by molar-refractivity contribution is -0.138. The Balaban J connectivity index is 1.64. The van der Waals surface area contributed by atoms with Gasteiger partial charge in [-0.2, -0.15) is 0 Å². The van der Waals surface area contributed by atoms with Crippen LogP contribution in [-0.4, -0.2) is 64.9 Å². The average molecular weight is 338 g/mol. The molecule has 2 fully saturated rings. The van der Waals surface area contributed by atoms with Crippen molar-refractivity contribution in [2.45, 2.75) is 11.3 Å². The van der Waals surface area contributed by atoms with Crippen LogP contribution in [0.15, 0.2) is 29.2 Å². The fourth-order valence-electron chi connectivity index (χ4n) is 3.14. The van der Waals surface area contributed by atoms with Gasteiger partial charge in [-0.25, -0.2) is 8.42 Å². The number of hydrogen-bond acceptors (Lipinski definition) is 5. The molecule has 7 heteroatoms. The number of anilines is 1. The van der Waals surface area contributed by atoms with Gasteiger partial charge in [0.05, 0.1) is 24.0 Å². The smallest absolute Gasteiger partial charge is 0.227 e. The second-order valence-electron chi connectivity index (χ2n) is 6.14. The van der Waals surface area contributed by atoms with Gasteiger partial charge in [-0.3, -0.25) is 4.79 Å². The first kappa shape index (κ1) is 16.3. The van der Waals surface area contributed by atoms with Crippen molar-refractivity contribution in [3.8, 4) is 0 Å². The number of amides is 1. The molecule has 2 heterocycles. The van der Waals surface area contributed by atoms with E-state index in [1.165, 1.54) is 6.26 Å². The molecule has 2 saturated heterocycles. The third-order valence-electron chi connectivity index (χ3n) is 4.49. The number of rotatable bonds is 3. The molecule has 3 rings (SSSR count). The molecule has 2 aliphatic heterocycles. The predicted octanol–water partition coefficient (Wildman–Crippen LogP) is 0.775. The minimum atomic E-state index is -3.17. The third-order valence-corrected chi connectivity index (χ3v) is 5.62. The second kappa shape index (κ2) is 6.49. The van der Waals surface area contributed by atoms with Crippen molar-refractivity contribution in [1.29, 1.82) is 0 Å². The number of sulfone groups is 1. The third kappa shape index (κ3) is 3.67. The Morgan fingerprint density at radius 3 is 2.39 bits per heavy atom. The van der Waals surface area contributed by atoms with Crippen LogP contribution in [0.4, 0.5) is 5.69 Å². The van der Waals surface area contributed by atoms with Crippen molar-refractivity contribution >= 4 is 21.4 Å². The van der Waals surface area contributed by atoms with Crippen LogP contribution < -0.4 is 4.90 Å².